The second-order valence-electron chi connectivity index (χ2n) is 7.37. The third-order valence-electron chi connectivity index (χ3n) is 5.03. The summed E-state index contributed by atoms with van der Waals surface area (Å²) >= 11 is 3.10. The predicted molar refractivity (Wildman–Crippen MR) is 114 cm³/mol. The summed E-state index contributed by atoms with van der Waals surface area (Å²) in [6, 6.07) is 8.42. The van der Waals surface area contributed by atoms with E-state index in [1.165, 1.54) is 28.0 Å². The molecule has 2 heterocycles. The number of thiophene rings is 1. The molecule has 1 fully saturated rings. The van der Waals surface area contributed by atoms with Gasteiger partial charge in [0.15, 0.2) is 0 Å². The Bertz CT molecular complexity index is 975. The maximum Gasteiger partial charge on any atom is 0.264 e. The number of thiazole rings is 1. The van der Waals surface area contributed by atoms with E-state index < -0.39 is 0 Å². The number of carbonyl (C=O) groups is 1. The summed E-state index contributed by atoms with van der Waals surface area (Å²) in [7, 11) is 0. The molecule has 146 valence electrons. The average molecular weight is 413 g/mol. The van der Waals surface area contributed by atoms with Gasteiger partial charge in [-0.1, -0.05) is 12.1 Å². The maximum absolute atomic E-state index is 12.8. The molecule has 0 saturated heterocycles. The topological polar surface area (TPSA) is 42.4 Å². The minimum atomic E-state index is 0.120. The van der Waals surface area contributed by atoms with E-state index in [2.05, 4.69) is 32.9 Å². The van der Waals surface area contributed by atoms with Gasteiger partial charge in [-0.15, -0.1) is 22.7 Å². The molecule has 2 aromatic heterocycles. The van der Waals surface area contributed by atoms with Crippen LogP contribution in [0.3, 0.4) is 0 Å². The highest BCUT2D eigenvalue weighted by Gasteiger charge is 2.33. The average Bonchev–Trinajstić information content (AvgIpc) is 3.17. The molecule has 1 saturated carbocycles. The van der Waals surface area contributed by atoms with Gasteiger partial charge >= 0.3 is 0 Å². The number of hydrogen-bond donors (Lipinski definition) is 0. The first-order chi connectivity index (χ1) is 13.5. The Kier molecular flexibility index (Phi) is 5.51. The molecular weight excluding hydrogens is 388 g/mol. The molecule has 4 rings (SSSR count). The van der Waals surface area contributed by atoms with Crippen molar-refractivity contribution in [3.63, 3.8) is 0 Å². The van der Waals surface area contributed by atoms with Crippen LogP contribution < -0.4 is 4.74 Å². The second kappa shape index (κ2) is 8.05. The van der Waals surface area contributed by atoms with Crippen LogP contribution in [0, 0.1) is 20.8 Å². The van der Waals surface area contributed by atoms with Gasteiger partial charge in [-0.2, -0.15) is 0 Å². The van der Waals surface area contributed by atoms with Crippen molar-refractivity contribution in [1.29, 1.82) is 0 Å². The Morgan fingerprint density at radius 2 is 2.07 bits per heavy atom. The molecule has 1 aliphatic rings. The van der Waals surface area contributed by atoms with Gasteiger partial charge in [0.05, 0.1) is 17.1 Å². The van der Waals surface area contributed by atoms with Crippen LogP contribution in [0.5, 0.6) is 5.75 Å². The standard InChI is InChI=1S/C22H24N2O2S2/c1-14-9-15(2)16(3)19(10-14)26-12-21-23-17(13-28-21)11-24(18-6-7-18)22(25)20-5-4-8-27-20/h4-5,8-10,13,18H,6-7,11-12H2,1-3H3. The van der Waals surface area contributed by atoms with Crippen molar-refractivity contribution in [1.82, 2.24) is 9.88 Å². The fourth-order valence-corrected chi connectivity index (χ4v) is 4.62. The lowest BCUT2D eigenvalue weighted by Crippen LogP contribution is -2.32. The van der Waals surface area contributed by atoms with Crippen molar-refractivity contribution in [3.8, 4) is 5.75 Å². The highest BCUT2D eigenvalue weighted by atomic mass is 32.1. The highest BCUT2D eigenvalue weighted by molar-refractivity contribution is 7.12. The first-order valence-corrected chi connectivity index (χ1v) is 11.3. The second-order valence-corrected chi connectivity index (χ2v) is 9.26. The Hall–Kier alpha value is -2.18. The molecule has 6 heteroatoms. The number of amides is 1. The molecule has 0 unspecified atom stereocenters. The minimum Gasteiger partial charge on any atom is -0.486 e. The summed E-state index contributed by atoms with van der Waals surface area (Å²) in [6.07, 6.45) is 2.17. The third-order valence-corrected chi connectivity index (χ3v) is 6.76. The van der Waals surface area contributed by atoms with Crippen LogP contribution >= 0.6 is 22.7 Å². The summed E-state index contributed by atoms with van der Waals surface area (Å²) in [5.74, 6) is 1.04. The molecule has 28 heavy (non-hydrogen) atoms. The molecule has 0 radical (unpaired) electrons. The van der Waals surface area contributed by atoms with Crippen LogP contribution in [0.1, 0.15) is 49.9 Å². The Balaban J connectivity index is 1.42. The predicted octanol–water partition coefficient (Wildman–Crippen LogP) is 5.51. The number of hydrogen-bond acceptors (Lipinski definition) is 5. The summed E-state index contributed by atoms with van der Waals surface area (Å²) in [5.41, 5.74) is 4.55. The number of rotatable bonds is 7. The fourth-order valence-electron chi connectivity index (χ4n) is 3.25. The molecule has 0 bridgehead atoms. The summed E-state index contributed by atoms with van der Waals surface area (Å²) < 4.78 is 6.04. The van der Waals surface area contributed by atoms with Gasteiger partial charge in [0.25, 0.3) is 5.91 Å². The van der Waals surface area contributed by atoms with Gasteiger partial charge in [0.1, 0.15) is 17.4 Å². The Labute approximate surface area is 173 Å². The molecular formula is C22H24N2O2S2. The number of benzene rings is 1. The molecule has 0 aliphatic heterocycles. The molecule has 0 N–H and O–H groups in total. The first-order valence-electron chi connectivity index (χ1n) is 9.49. The monoisotopic (exact) mass is 412 g/mol. The van der Waals surface area contributed by atoms with Gasteiger partial charge in [-0.05, 0) is 67.8 Å². The Morgan fingerprint density at radius 3 is 2.79 bits per heavy atom. The zero-order valence-corrected chi connectivity index (χ0v) is 18.0. The van der Waals surface area contributed by atoms with E-state index in [0.717, 1.165) is 34.2 Å². The number of carbonyl (C=O) groups excluding carboxylic acids is 1. The minimum absolute atomic E-state index is 0.120. The largest absolute Gasteiger partial charge is 0.486 e. The maximum atomic E-state index is 12.8. The normalized spacial score (nSPS) is 13.5. The lowest BCUT2D eigenvalue weighted by atomic mass is 10.1. The molecule has 1 aliphatic carbocycles. The van der Waals surface area contributed by atoms with Crippen molar-refractivity contribution in [2.45, 2.75) is 52.8 Å². The van der Waals surface area contributed by atoms with E-state index in [1.54, 1.807) is 11.3 Å². The van der Waals surface area contributed by atoms with E-state index in [1.807, 2.05) is 27.8 Å². The van der Waals surface area contributed by atoms with Gasteiger partial charge in [-0.25, -0.2) is 4.98 Å². The number of aromatic nitrogens is 1. The summed E-state index contributed by atoms with van der Waals surface area (Å²) in [6.45, 7) is 7.30. The lowest BCUT2D eigenvalue weighted by molar-refractivity contribution is 0.0733. The van der Waals surface area contributed by atoms with Crippen molar-refractivity contribution in [2.24, 2.45) is 0 Å². The van der Waals surface area contributed by atoms with Crippen LogP contribution in [-0.2, 0) is 13.2 Å². The summed E-state index contributed by atoms with van der Waals surface area (Å²) in [5, 5.41) is 4.93. The van der Waals surface area contributed by atoms with Crippen LogP contribution in [0.25, 0.3) is 0 Å². The number of nitrogens with zero attached hydrogens (tertiary/aromatic N) is 2. The van der Waals surface area contributed by atoms with E-state index in [4.69, 9.17) is 9.72 Å². The zero-order chi connectivity index (χ0) is 19.7. The third kappa shape index (κ3) is 4.28. The van der Waals surface area contributed by atoms with Gasteiger partial charge in [0.2, 0.25) is 0 Å². The Morgan fingerprint density at radius 1 is 1.25 bits per heavy atom. The molecule has 1 aromatic carbocycles. The molecule has 3 aromatic rings. The molecule has 0 spiro atoms. The smallest absolute Gasteiger partial charge is 0.264 e. The molecule has 0 atom stereocenters. The van der Waals surface area contributed by atoms with Gasteiger partial charge in [-0.3, -0.25) is 4.79 Å². The van der Waals surface area contributed by atoms with Crippen molar-refractivity contribution in [2.75, 3.05) is 0 Å². The van der Waals surface area contributed by atoms with Crippen molar-refractivity contribution < 1.29 is 9.53 Å². The van der Waals surface area contributed by atoms with E-state index in [0.29, 0.717) is 19.2 Å². The number of aryl methyl sites for hydroxylation is 2. The summed E-state index contributed by atoms with van der Waals surface area (Å²) in [4.78, 5) is 20.3. The quantitative estimate of drug-likeness (QED) is 0.514. The van der Waals surface area contributed by atoms with Crippen molar-refractivity contribution >= 4 is 28.6 Å². The van der Waals surface area contributed by atoms with Crippen LogP contribution in [0.4, 0.5) is 0 Å². The van der Waals surface area contributed by atoms with E-state index >= 15 is 0 Å². The number of ether oxygens (including phenoxy) is 1. The molecule has 1 amide bonds. The van der Waals surface area contributed by atoms with E-state index in [9.17, 15) is 4.79 Å². The van der Waals surface area contributed by atoms with Crippen LogP contribution in [0.2, 0.25) is 0 Å². The molecule has 4 nitrogen and oxygen atoms in total. The van der Waals surface area contributed by atoms with Gasteiger partial charge < -0.3 is 9.64 Å². The lowest BCUT2D eigenvalue weighted by Gasteiger charge is -2.20. The van der Waals surface area contributed by atoms with Gasteiger partial charge in [0, 0.05) is 11.4 Å². The van der Waals surface area contributed by atoms with Crippen LogP contribution in [0.15, 0.2) is 35.0 Å². The van der Waals surface area contributed by atoms with Crippen molar-refractivity contribution in [3.05, 3.63) is 67.3 Å². The van der Waals surface area contributed by atoms with Crippen LogP contribution in [-0.4, -0.2) is 21.8 Å². The zero-order valence-electron chi connectivity index (χ0n) is 16.4. The fraction of sp³-hybridized carbons (Fsp3) is 0.364. The SMILES string of the molecule is Cc1cc(C)c(C)c(OCc2nc(CN(C(=O)c3cccs3)C3CC3)cs2)c1. The van der Waals surface area contributed by atoms with E-state index in [-0.39, 0.29) is 5.91 Å². The highest BCUT2D eigenvalue weighted by Crippen LogP contribution is 2.31. The first kappa shape index (κ1) is 19.2.